The third kappa shape index (κ3) is 2.84. The van der Waals surface area contributed by atoms with E-state index in [1.165, 1.54) is 7.11 Å². The number of carbonyl (C=O) groups excluding carboxylic acids is 1. The molecule has 0 radical (unpaired) electrons. The predicted molar refractivity (Wildman–Crippen MR) is 83.4 cm³/mol. The largest absolute Gasteiger partial charge is 0.465 e. The van der Waals surface area contributed by atoms with Gasteiger partial charge in [-0.15, -0.1) is 0 Å². The number of methoxy groups -OCH3 is 1. The third-order valence-electron chi connectivity index (χ3n) is 4.46. The first kappa shape index (κ1) is 14.7. The second-order valence-corrected chi connectivity index (χ2v) is 6.10. The first-order chi connectivity index (χ1) is 11.3. The van der Waals surface area contributed by atoms with E-state index < -0.39 is 0 Å². The van der Waals surface area contributed by atoms with Crippen LogP contribution in [0.3, 0.4) is 0 Å². The lowest BCUT2D eigenvalue weighted by atomic mass is 10.1. The van der Waals surface area contributed by atoms with Crippen LogP contribution >= 0.6 is 0 Å². The molecule has 2 atom stereocenters. The van der Waals surface area contributed by atoms with Crippen LogP contribution in [0.4, 0.5) is 0 Å². The minimum absolute atomic E-state index is 0.0240. The highest BCUT2D eigenvalue weighted by molar-refractivity contribution is 5.95. The number of hydrogen-bond acceptors (Lipinski definition) is 5. The molecule has 23 heavy (non-hydrogen) atoms. The molecule has 3 heterocycles. The SMILES string of the molecule is COC(=O)c1ccc2c(c1)c(CC1CO1)nn2C1CCCCO1. The minimum atomic E-state index is -0.331. The number of epoxide rings is 1. The van der Waals surface area contributed by atoms with Crippen LogP contribution in [-0.4, -0.2) is 42.2 Å². The summed E-state index contributed by atoms with van der Waals surface area (Å²) in [5.74, 6) is -0.331. The molecule has 0 N–H and O–H groups in total. The maximum atomic E-state index is 11.8. The number of benzene rings is 1. The van der Waals surface area contributed by atoms with Gasteiger partial charge in [0.1, 0.15) is 0 Å². The lowest BCUT2D eigenvalue weighted by Gasteiger charge is -2.23. The molecule has 2 aliphatic rings. The summed E-state index contributed by atoms with van der Waals surface area (Å²) in [6.45, 7) is 1.55. The highest BCUT2D eigenvalue weighted by Crippen LogP contribution is 2.30. The Morgan fingerprint density at radius 3 is 2.96 bits per heavy atom. The molecule has 0 spiro atoms. The molecule has 2 saturated heterocycles. The lowest BCUT2D eigenvalue weighted by molar-refractivity contribution is -0.0369. The van der Waals surface area contributed by atoms with E-state index in [1.807, 2.05) is 16.8 Å². The van der Waals surface area contributed by atoms with E-state index in [1.54, 1.807) is 6.07 Å². The van der Waals surface area contributed by atoms with E-state index in [0.717, 1.165) is 55.5 Å². The number of ether oxygens (including phenoxy) is 3. The van der Waals surface area contributed by atoms with Crippen molar-refractivity contribution in [3.05, 3.63) is 29.5 Å². The molecule has 2 aliphatic heterocycles. The van der Waals surface area contributed by atoms with Crippen LogP contribution in [0.15, 0.2) is 18.2 Å². The summed E-state index contributed by atoms with van der Waals surface area (Å²) >= 11 is 0. The lowest BCUT2D eigenvalue weighted by Crippen LogP contribution is -2.19. The van der Waals surface area contributed by atoms with Crippen LogP contribution in [0, 0.1) is 0 Å². The number of aromatic nitrogens is 2. The van der Waals surface area contributed by atoms with Gasteiger partial charge in [0.15, 0.2) is 6.23 Å². The molecule has 2 unspecified atom stereocenters. The number of hydrogen-bond donors (Lipinski definition) is 0. The molecule has 2 aromatic rings. The topological polar surface area (TPSA) is 65.9 Å². The molecule has 6 nitrogen and oxygen atoms in total. The maximum Gasteiger partial charge on any atom is 0.337 e. The van der Waals surface area contributed by atoms with Gasteiger partial charge in [-0.05, 0) is 37.5 Å². The van der Waals surface area contributed by atoms with E-state index in [4.69, 9.17) is 19.3 Å². The van der Waals surface area contributed by atoms with Crippen LogP contribution in [0.25, 0.3) is 10.9 Å². The number of nitrogens with zero attached hydrogens (tertiary/aromatic N) is 2. The Kier molecular flexibility index (Phi) is 3.79. The number of carbonyl (C=O) groups is 1. The van der Waals surface area contributed by atoms with Crippen molar-refractivity contribution in [3.8, 4) is 0 Å². The maximum absolute atomic E-state index is 11.8. The van der Waals surface area contributed by atoms with Crippen molar-refractivity contribution in [3.63, 3.8) is 0 Å². The predicted octanol–water partition coefficient (Wildman–Crippen LogP) is 2.46. The molecule has 0 amide bonds. The van der Waals surface area contributed by atoms with Crippen LogP contribution < -0.4 is 0 Å². The summed E-state index contributed by atoms with van der Waals surface area (Å²) in [5, 5.41) is 5.76. The van der Waals surface area contributed by atoms with E-state index in [2.05, 4.69) is 0 Å². The summed E-state index contributed by atoms with van der Waals surface area (Å²) in [4.78, 5) is 11.8. The van der Waals surface area contributed by atoms with Gasteiger partial charge in [-0.1, -0.05) is 0 Å². The second-order valence-electron chi connectivity index (χ2n) is 6.10. The van der Waals surface area contributed by atoms with Gasteiger partial charge in [-0.2, -0.15) is 5.10 Å². The Labute approximate surface area is 134 Å². The molecule has 2 fully saturated rings. The van der Waals surface area contributed by atoms with Crippen molar-refractivity contribution in [2.75, 3.05) is 20.3 Å². The van der Waals surface area contributed by atoms with Gasteiger partial charge in [0.2, 0.25) is 0 Å². The normalized spacial score (nSPS) is 23.9. The second kappa shape index (κ2) is 5.94. The summed E-state index contributed by atoms with van der Waals surface area (Å²) in [5.41, 5.74) is 2.50. The number of rotatable bonds is 4. The van der Waals surface area contributed by atoms with Crippen LogP contribution in [0.1, 0.15) is 41.5 Å². The molecule has 4 rings (SSSR count). The van der Waals surface area contributed by atoms with Crippen LogP contribution in [0.5, 0.6) is 0 Å². The third-order valence-corrected chi connectivity index (χ3v) is 4.46. The standard InChI is InChI=1S/C17H20N2O4/c1-21-17(20)11-5-6-15-13(8-11)14(9-12-10-23-12)18-19(15)16-4-2-3-7-22-16/h5-6,8,12,16H,2-4,7,9-10H2,1H3. The molecule has 6 heteroatoms. The Morgan fingerprint density at radius 1 is 1.39 bits per heavy atom. The first-order valence-corrected chi connectivity index (χ1v) is 8.09. The molecule has 1 aromatic carbocycles. The van der Waals surface area contributed by atoms with Crippen molar-refractivity contribution in [2.24, 2.45) is 0 Å². The monoisotopic (exact) mass is 316 g/mol. The van der Waals surface area contributed by atoms with Crippen molar-refractivity contribution in [2.45, 2.75) is 38.0 Å². The van der Waals surface area contributed by atoms with E-state index >= 15 is 0 Å². The molecular formula is C17H20N2O4. The van der Waals surface area contributed by atoms with Crippen LogP contribution in [-0.2, 0) is 20.6 Å². The average molecular weight is 316 g/mol. The van der Waals surface area contributed by atoms with Crippen molar-refractivity contribution < 1.29 is 19.0 Å². The number of fused-ring (bicyclic) bond motifs is 1. The van der Waals surface area contributed by atoms with Gasteiger partial charge in [0.05, 0.1) is 36.6 Å². The summed E-state index contributed by atoms with van der Waals surface area (Å²) < 4.78 is 18.0. The zero-order valence-corrected chi connectivity index (χ0v) is 13.2. The first-order valence-electron chi connectivity index (χ1n) is 8.09. The average Bonchev–Trinajstić information content (AvgIpc) is 3.35. The number of esters is 1. The molecule has 122 valence electrons. The minimum Gasteiger partial charge on any atom is -0.465 e. The van der Waals surface area contributed by atoms with Gasteiger partial charge in [-0.3, -0.25) is 0 Å². The Morgan fingerprint density at radius 2 is 2.26 bits per heavy atom. The smallest absolute Gasteiger partial charge is 0.337 e. The van der Waals surface area contributed by atoms with Crippen molar-refractivity contribution >= 4 is 16.9 Å². The Balaban J connectivity index is 1.78. The van der Waals surface area contributed by atoms with Crippen LogP contribution in [0.2, 0.25) is 0 Å². The Bertz CT molecular complexity index is 730. The fourth-order valence-corrected chi connectivity index (χ4v) is 3.14. The highest BCUT2D eigenvalue weighted by atomic mass is 16.6. The highest BCUT2D eigenvalue weighted by Gasteiger charge is 2.28. The Hall–Kier alpha value is -1.92. The van der Waals surface area contributed by atoms with E-state index in [-0.39, 0.29) is 18.3 Å². The molecular weight excluding hydrogens is 296 g/mol. The van der Waals surface area contributed by atoms with Gasteiger partial charge >= 0.3 is 5.97 Å². The molecule has 0 saturated carbocycles. The molecule has 0 bridgehead atoms. The fourth-order valence-electron chi connectivity index (χ4n) is 3.14. The van der Waals surface area contributed by atoms with E-state index in [0.29, 0.717) is 5.56 Å². The fraction of sp³-hybridized carbons (Fsp3) is 0.529. The molecule has 0 aliphatic carbocycles. The zero-order valence-electron chi connectivity index (χ0n) is 13.2. The van der Waals surface area contributed by atoms with Gasteiger partial charge < -0.3 is 14.2 Å². The van der Waals surface area contributed by atoms with Gasteiger partial charge in [0.25, 0.3) is 0 Å². The summed E-state index contributed by atoms with van der Waals surface area (Å²) in [7, 11) is 1.39. The van der Waals surface area contributed by atoms with Gasteiger partial charge in [-0.25, -0.2) is 9.48 Å². The van der Waals surface area contributed by atoms with Crippen molar-refractivity contribution in [1.29, 1.82) is 0 Å². The zero-order chi connectivity index (χ0) is 15.8. The van der Waals surface area contributed by atoms with E-state index in [9.17, 15) is 4.79 Å². The molecule has 1 aromatic heterocycles. The quantitative estimate of drug-likeness (QED) is 0.640. The van der Waals surface area contributed by atoms with Gasteiger partial charge in [0, 0.05) is 18.4 Å². The summed E-state index contributed by atoms with van der Waals surface area (Å²) in [6.07, 6.45) is 4.20. The summed E-state index contributed by atoms with van der Waals surface area (Å²) in [6, 6.07) is 5.58. The van der Waals surface area contributed by atoms with Crippen molar-refractivity contribution in [1.82, 2.24) is 9.78 Å².